The number of carbonyl (C=O) groups is 1. The Morgan fingerprint density at radius 3 is 3.07 bits per heavy atom. The van der Waals surface area contributed by atoms with Gasteiger partial charge in [-0.3, -0.25) is 4.98 Å². The number of hydrogen-bond acceptors (Lipinski definition) is 3. The lowest BCUT2D eigenvalue weighted by Gasteiger charge is -2.09. The number of aromatic nitrogens is 1. The first-order chi connectivity index (χ1) is 7.09. The number of anilines is 1. The van der Waals surface area contributed by atoms with Gasteiger partial charge in [0.15, 0.2) is 0 Å². The Balaban J connectivity index is 2.48. The fourth-order valence-corrected chi connectivity index (χ4v) is 1.36. The molecular formula is C9H12IN3O2. The van der Waals surface area contributed by atoms with E-state index in [0.717, 1.165) is 3.57 Å². The molecule has 0 aliphatic carbocycles. The average molecular weight is 321 g/mol. The van der Waals surface area contributed by atoms with E-state index in [9.17, 15) is 4.79 Å². The van der Waals surface area contributed by atoms with Gasteiger partial charge in [0.05, 0.1) is 15.4 Å². The summed E-state index contributed by atoms with van der Waals surface area (Å²) in [7, 11) is 0. The molecule has 1 rings (SSSR count). The largest absolute Gasteiger partial charge is 0.392 e. The van der Waals surface area contributed by atoms with Crippen molar-refractivity contribution in [1.29, 1.82) is 0 Å². The molecule has 6 heteroatoms. The van der Waals surface area contributed by atoms with Gasteiger partial charge in [0, 0.05) is 18.9 Å². The van der Waals surface area contributed by atoms with Gasteiger partial charge in [-0.25, -0.2) is 4.79 Å². The van der Waals surface area contributed by atoms with Crippen LogP contribution in [0.5, 0.6) is 0 Å². The number of pyridine rings is 1. The van der Waals surface area contributed by atoms with E-state index in [4.69, 9.17) is 5.11 Å². The van der Waals surface area contributed by atoms with E-state index < -0.39 is 6.10 Å². The quantitative estimate of drug-likeness (QED) is 0.732. The third-order valence-corrected chi connectivity index (χ3v) is 2.44. The second-order valence-electron chi connectivity index (χ2n) is 3.04. The molecule has 0 unspecified atom stereocenters. The van der Waals surface area contributed by atoms with Gasteiger partial charge in [0.25, 0.3) is 0 Å². The second-order valence-corrected chi connectivity index (χ2v) is 4.20. The third kappa shape index (κ3) is 4.43. The summed E-state index contributed by atoms with van der Waals surface area (Å²) < 4.78 is 0.863. The zero-order valence-electron chi connectivity index (χ0n) is 8.20. The number of amides is 2. The van der Waals surface area contributed by atoms with Crippen molar-refractivity contribution < 1.29 is 9.90 Å². The summed E-state index contributed by atoms with van der Waals surface area (Å²) in [6, 6.07) is 1.38. The van der Waals surface area contributed by atoms with Gasteiger partial charge in [0.1, 0.15) is 0 Å². The molecular weight excluding hydrogens is 309 g/mol. The molecule has 5 nitrogen and oxygen atoms in total. The fraction of sp³-hybridized carbons (Fsp3) is 0.333. The molecule has 82 valence electrons. The monoisotopic (exact) mass is 321 g/mol. The van der Waals surface area contributed by atoms with Crippen LogP contribution in [0.1, 0.15) is 6.92 Å². The zero-order chi connectivity index (χ0) is 11.3. The molecule has 1 heterocycles. The predicted molar refractivity (Wildman–Crippen MR) is 65.7 cm³/mol. The maximum Gasteiger partial charge on any atom is 0.319 e. The summed E-state index contributed by atoms with van der Waals surface area (Å²) in [6.45, 7) is 1.84. The standard InChI is InChI=1S/C9H12IN3O2/c1-6(14)4-12-9(15)13-8-2-3-11-5-7(8)10/h2-3,5-6,14H,4H2,1H3,(H2,11,12,13,15)/t6-/m0/s1. The molecule has 1 aromatic heterocycles. The van der Waals surface area contributed by atoms with Gasteiger partial charge in [-0.05, 0) is 35.6 Å². The maximum absolute atomic E-state index is 11.3. The Labute approximate surface area is 101 Å². The average Bonchev–Trinajstić information content (AvgIpc) is 2.18. The fourth-order valence-electron chi connectivity index (χ4n) is 0.883. The van der Waals surface area contributed by atoms with Crippen molar-refractivity contribution in [1.82, 2.24) is 10.3 Å². The number of halogens is 1. The van der Waals surface area contributed by atoms with Crippen molar-refractivity contribution in [3.8, 4) is 0 Å². The van der Waals surface area contributed by atoms with Crippen LogP contribution in [0.4, 0.5) is 10.5 Å². The normalized spacial score (nSPS) is 11.9. The smallest absolute Gasteiger partial charge is 0.319 e. The SMILES string of the molecule is C[C@H](O)CNC(=O)Nc1ccncc1I. The van der Waals surface area contributed by atoms with Crippen LogP contribution in [0.25, 0.3) is 0 Å². The Morgan fingerprint density at radius 1 is 1.73 bits per heavy atom. The number of rotatable bonds is 3. The molecule has 15 heavy (non-hydrogen) atoms. The van der Waals surface area contributed by atoms with Crippen LogP contribution in [0.15, 0.2) is 18.5 Å². The molecule has 0 spiro atoms. The number of urea groups is 1. The molecule has 0 saturated heterocycles. The lowest BCUT2D eigenvalue weighted by Crippen LogP contribution is -2.34. The summed E-state index contributed by atoms with van der Waals surface area (Å²) in [5.74, 6) is 0. The summed E-state index contributed by atoms with van der Waals surface area (Å²) in [5, 5.41) is 14.2. The lowest BCUT2D eigenvalue weighted by molar-refractivity contribution is 0.190. The predicted octanol–water partition coefficient (Wildman–Crippen LogP) is 1.19. The van der Waals surface area contributed by atoms with Crippen LogP contribution < -0.4 is 10.6 Å². The highest BCUT2D eigenvalue weighted by Gasteiger charge is 2.05. The number of aliphatic hydroxyl groups is 1. The van der Waals surface area contributed by atoms with Crippen LogP contribution in [0, 0.1) is 3.57 Å². The van der Waals surface area contributed by atoms with Crippen LogP contribution in [-0.4, -0.2) is 28.8 Å². The van der Waals surface area contributed by atoms with Crippen LogP contribution in [0.3, 0.4) is 0 Å². The minimum Gasteiger partial charge on any atom is -0.392 e. The number of aliphatic hydroxyl groups excluding tert-OH is 1. The lowest BCUT2D eigenvalue weighted by atomic mass is 10.4. The summed E-state index contributed by atoms with van der Waals surface area (Å²) in [4.78, 5) is 15.2. The number of carbonyl (C=O) groups excluding carboxylic acids is 1. The second kappa shape index (κ2) is 5.86. The Hall–Kier alpha value is -0.890. The summed E-state index contributed by atoms with van der Waals surface area (Å²) >= 11 is 2.08. The van der Waals surface area contributed by atoms with Crippen molar-refractivity contribution in [2.75, 3.05) is 11.9 Å². The van der Waals surface area contributed by atoms with Gasteiger partial charge >= 0.3 is 6.03 Å². The van der Waals surface area contributed by atoms with Crippen molar-refractivity contribution in [2.24, 2.45) is 0 Å². The summed E-state index contributed by atoms with van der Waals surface area (Å²) in [6.07, 6.45) is 2.71. The van der Waals surface area contributed by atoms with Gasteiger partial charge in [-0.15, -0.1) is 0 Å². The first kappa shape index (κ1) is 12.2. The van der Waals surface area contributed by atoms with Gasteiger partial charge in [-0.1, -0.05) is 0 Å². The van der Waals surface area contributed by atoms with Gasteiger partial charge in [-0.2, -0.15) is 0 Å². The molecule has 3 N–H and O–H groups in total. The highest BCUT2D eigenvalue weighted by Crippen LogP contribution is 2.14. The van der Waals surface area contributed by atoms with E-state index in [-0.39, 0.29) is 12.6 Å². The molecule has 0 radical (unpaired) electrons. The maximum atomic E-state index is 11.3. The van der Waals surface area contributed by atoms with E-state index in [1.54, 1.807) is 25.4 Å². The van der Waals surface area contributed by atoms with E-state index >= 15 is 0 Å². The molecule has 0 aromatic carbocycles. The number of hydrogen-bond donors (Lipinski definition) is 3. The molecule has 0 saturated carbocycles. The van der Waals surface area contributed by atoms with Crippen molar-refractivity contribution in [3.63, 3.8) is 0 Å². The van der Waals surface area contributed by atoms with Crippen molar-refractivity contribution in [2.45, 2.75) is 13.0 Å². The molecule has 0 fully saturated rings. The first-order valence-electron chi connectivity index (χ1n) is 4.42. The number of nitrogens with one attached hydrogen (secondary N) is 2. The molecule has 0 bridgehead atoms. The first-order valence-corrected chi connectivity index (χ1v) is 5.50. The number of nitrogens with zero attached hydrogens (tertiary/aromatic N) is 1. The van der Waals surface area contributed by atoms with E-state index in [2.05, 4.69) is 38.2 Å². The minimum absolute atomic E-state index is 0.230. The van der Waals surface area contributed by atoms with Crippen molar-refractivity contribution in [3.05, 3.63) is 22.0 Å². The molecule has 1 atom stereocenters. The summed E-state index contributed by atoms with van der Waals surface area (Å²) in [5.41, 5.74) is 0.702. The highest BCUT2D eigenvalue weighted by molar-refractivity contribution is 14.1. The van der Waals surface area contributed by atoms with Crippen LogP contribution in [0.2, 0.25) is 0 Å². The Bertz CT molecular complexity index is 344. The van der Waals surface area contributed by atoms with Gasteiger partial charge in [0.2, 0.25) is 0 Å². The Morgan fingerprint density at radius 2 is 2.47 bits per heavy atom. The topological polar surface area (TPSA) is 74.2 Å². The van der Waals surface area contributed by atoms with E-state index in [1.807, 2.05) is 0 Å². The Kier molecular flexibility index (Phi) is 4.76. The van der Waals surface area contributed by atoms with E-state index in [1.165, 1.54) is 0 Å². The minimum atomic E-state index is -0.549. The van der Waals surface area contributed by atoms with Crippen LogP contribution in [-0.2, 0) is 0 Å². The van der Waals surface area contributed by atoms with Gasteiger partial charge < -0.3 is 15.7 Å². The highest BCUT2D eigenvalue weighted by atomic mass is 127. The molecule has 0 aliphatic heterocycles. The molecule has 2 amide bonds. The molecule has 0 aliphatic rings. The van der Waals surface area contributed by atoms with Crippen molar-refractivity contribution >= 4 is 34.3 Å². The van der Waals surface area contributed by atoms with E-state index in [0.29, 0.717) is 5.69 Å². The zero-order valence-corrected chi connectivity index (χ0v) is 10.4. The molecule has 1 aromatic rings. The third-order valence-electron chi connectivity index (χ3n) is 1.58. The van der Waals surface area contributed by atoms with Crippen LogP contribution >= 0.6 is 22.6 Å².